The summed E-state index contributed by atoms with van der Waals surface area (Å²) in [6.45, 7) is 0.784. The third-order valence-electron chi connectivity index (χ3n) is 2.41. The minimum atomic E-state index is 0.146. The fourth-order valence-electron chi connectivity index (χ4n) is 1.47. The average Bonchev–Trinajstić information content (AvgIpc) is 2.36. The van der Waals surface area contributed by atoms with Gasteiger partial charge in [-0.1, -0.05) is 30.3 Å². The first-order valence-corrected chi connectivity index (χ1v) is 5.95. The largest absolute Gasteiger partial charge is 0.508 e. The highest BCUT2D eigenvalue weighted by molar-refractivity contribution is 5.50. The van der Waals surface area contributed by atoms with Gasteiger partial charge in [0.2, 0.25) is 0 Å². The zero-order chi connectivity index (χ0) is 14.3. The normalized spacial score (nSPS) is 9.84. The highest BCUT2D eigenvalue weighted by Gasteiger charge is 1.98. The van der Waals surface area contributed by atoms with Crippen LogP contribution in [0.2, 0.25) is 0 Å². The minimum absolute atomic E-state index is 0.146. The van der Waals surface area contributed by atoms with Crippen molar-refractivity contribution in [3.05, 3.63) is 54.1 Å². The standard InChI is InChI=1S/C9H13NO.C6H7NO/c1-10(2)7-8-5-3-4-6-9(8)11;7-5-3-1-2-4-6(5)8/h3-6,11H,7H2,1-2H3;1-4,8H,7H2. The molecular weight excluding hydrogens is 240 g/mol. The predicted molar refractivity (Wildman–Crippen MR) is 78.0 cm³/mol. The lowest BCUT2D eigenvalue weighted by molar-refractivity contribution is 0.386. The highest BCUT2D eigenvalue weighted by atomic mass is 16.3. The molecule has 19 heavy (non-hydrogen) atoms. The number of phenols is 2. The van der Waals surface area contributed by atoms with Crippen LogP contribution in [-0.2, 0) is 6.54 Å². The molecule has 0 heterocycles. The number of phenolic OH excluding ortho intramolecular Hbond substituents is 2. The summed E-state index contributed by atoms with van der Waals surface area (Å²) in [5, 5.41) is 18.1. The zero-order valence-electron chi connectivity index (χ0n) is 11.2. The second kappa shape index (κ2) is 7.28. The van der Waals surface area contributed by atoms with E-state index in [1.165, 1.54) is 0 Å². The average molecular weight is 260 g/mol. The Hall–Kier alpha value is -2.20. The van der Waals surface area contributed by atoms with Gasteiger partial charge in [0.25, 0.3) is 0 Å². The molecule has 0 saturated heterocycles. The molecular formula is C15H20N2O2. The highest BCUT2D eigenvalue weighted by Crippen LogP contribution is 2.16. The zero-order valence-corrected chi connectivity index (χ0v) is 11.2. The Morgan fingerprint density at radius 2 is 1.42 bits per heavy atom. The summed E-state index contributed by atoms with van der Waals surface area (Å²) >= 11 is 0. The molecule has 0 fully saturated rings. The van der Waals surface area contributed by atoms with Gasteiger partial charge in [0.05, 0.1) is 5.69 Å². The van der Waals surface area contributed by atoms with E-state index < -0.39 is 0 Å². The Morgan fingerprint density at radius 1 is 0.895 bits per heavy atom. The van der Waals surface area contributed by atoms with Crippen molar-refractivity contribution in [2.75, 3.05) is 19.8 Å². The van der Waals surface area contributed by atoms with Crippen LogP contribution in [-0.4, -0.2) is 29.2 Å². The molecule has 0 radical (unpaired) electrons. The van der Waals surface area contributed by atoms with Crippen molar-refractivity contribution in [3.63, 3.8) is 0 Å². The maximum absolute atomic E-state index is 9.33. The van der Waals surface area contributed by atoms with Crippen LogP contribution in [0, 0.1) is 0 Å². The van der Waals surface area contributed by atoms with Crippen LogP contribution < -0.4 is 5.73 Å². The van der Waals surface area contributed by atoms with Gasteiger partial charge in [0.1, 0.15) is 11.5 Å². The first-order chi connectivity index (χ1) is 9.00. The van der Waals surface area contributed by atoms with Gasteiger partial charge in [-0.15, -0.1) is 0 Å². The summed E-state index contributed by atoms with van der Waals surface area (Å²) in [4.78, 5) is 2.02. The van der Waals surface area contributed by atoms with Crippen LogP contribution in [0.3, 0.4) is 0 Å². The quantitative estimate of drug-likeness (QED) is 0.573. The number of hydrogen-bond donors (Lipinski definition) is 3. The molecule has 0 bridgehead atoms. The first kappa shape index (κ1) is 14.9. The Kier molecular flexibility index (Phi) is 5.70. The maximum Gasteiger partial charge on any atom is 0.138 e. The summed E-state index contributed by atoms with van der Waals surface area (Å²) in [6, 6.07) is 14.1. The summed E-state index contributed by atoms with van der Waals surface area (Å²) in [7, 11) is 3.96. The SMILES string of the molecule is CN(C)Cc1ccccc1O.Nc1ccccc1O. The maximum atomic E-state index is 9.33. The monoisotopic (exact) mass is 260 g/mol. The third kappa shape index (κ3) is 5.31. The number of benzene rings is 2. The summed E-state index contributed by atoms with van der Waals surface area (Å²) in [5.41, 5.74) is 6.66. The number of aromatic hydroxyl groups is 2. The van der Waals surface area contributed by atoms with E-state index >= 15 is 0 Å². The van der Waals surface area contributed by atoms with Crippen LogP contribution in [0.15, 0.2) is 48.5 Å². The Bertz CT molecular complexity index is 492. The second-order valence-electron chi connectivity index (χ2n) is 4.43. The van der Waals surface area contributed by atoms with Crippen LogP contribution in [0.25, 0.3) is 0 Å². The Labute approximate surface area is 113 Å². The number of nitrogen functional groups attached to an aromatic ring is 1. The van der Waals surface area contributed by atoms with Crippen molar-refractivity contribution >= 4 is 5.69 Å². The molecule has 0 aliphatic carbocycles. The molecule has 0 aliphatic rings. The van der Waals surface area contributed by atoms with E-state index in [9.17, 15) is 5.11 Å². The molecule has 0 aromatic heterocycles. The van der Waals surface area contributed by atoms with E-state index in [0.717, 1.165) is 12.1 Å². The lowest BCUT2D eigenvalue weighted by atomic mass is 10.2. The number of para-hydroxylation sites is 3. The van der Waals surface area contributed by atoms with E-state index in [-0.39, 0.29) is 5.75 Å². The lowest BCUT2D eigenvalue weighted by Gasteiger charge is -2.10. The molecule has 102 valence electrons. The fourth-order valence-corrected chi connectivity index (χ4v) is 1.47. The van der Waals surface area contributed by atoms with E-state index in [2.05, 4.69) is 0 Å². The summed E-state index contributed by atoms with van der Waals surface area (Å²) in [5.74, 6) is 0.522. The number of hydrogen-bond acceptors (Lipinski definition) is 4. The number of anilines is 1. The molecule has 0 aliphatic heterocycles. The molecule has 4 nitrogen and oxygen atoms in total. The molecule has 0 amide bonds. The van der Waals surface area contributed by atoms with Gasteiger partial charge in [-0.25, -0.2) is 0 Å². The number of rotatable bonds is 2. The fraction of sp³-hybridized carbons (Fsp3) is 0.200. The van der Waals surface area contributed by atoms with Crippen molar-refractivity contribution in [1.29, 1.82) is 0 Å². The summed E-state index contributed by atoms with van der Waals surface area (Å²) < 4.78 is 0. The third-order valence-corrected chi connectivity index (χ3v) is 2.41. The van der Waals surface area contributed by atoms with Crippen LogP contribution in [0.5, 0.6) is 11.5 Å². The molecule has 2 aromatic carbocycles. The van der Waals surface area contributed by atoms with E-state index in [1.54, 1.807) is 30.3 Å². The van der Waals surface area contributed by atoms with Gasteiger partial charge in [0.15, 0.2) is 0 Å². The lowest BCUT2D eigenvalue weighted by Crippen LogP contribution is -2.10. The van der Waals surface area contributed by atoms with Crippen LogP contribution in [0.1, 0.15) is 5.56 Å². The van der Waals surface area contributed by atoms with Gasteiger partial charge >= 0.3 is 0 Å². The summed E-state index contributed by atoms with van der Waals surface area (Å²) in [6.07, 6.45) is 0. The van der Waals surface area contributed by atoms with E-state index in [1.807, 2.05) is 37.2 Å². The molecule has 0 atom stereocenters. The predicted octanol–water partition coefficient (Wildman–Crippen LogP) is 2.43. The molecule has 4 heteroatoms. The molecule has 4 N–H and O–H groups in total. The van der Waals surface area contributed by atoms with Gasteiger partial charge in [-0.3, -0.25) is 0 Å². The van der Waals surface area contributed by atoms with Gasteiger partial charge < -0.3 is 20.8 Å². The Morgan fingerprint density at radius 3 is 1.84 bits per heavy atom. The van der Waals surface area contributed by atoms with Crippen LogP contribution >= 0.6 is 0 Å². The van der Waals surface area contributed by atoms with Crippen LogP contribution in [0.4, 0.5) is 5.69 Å². The first-order valence-electron chi connectivity index (χ1n) is 5.95. The molecule has 2 aromatic rings. The van der Waals surface area contributed by atoms with Crippen molar-refractivity contribution in [2.24, 2.45) is 0 Å². The minimum Gasteiger partial charge on any atom is -0.508 e. The number of nitrogens with two attached hydrogens (primary N) is 1. The van der Waals surface area contributed by atoms with E-state index in [4.69, 9.17) is 10.8 Å². The van der Waals surface area contributed by atoms with E-state index in [0.29, 0.717) is 11.4 Å². The Balaban J connectivity index is 0.000000200. The van der Waals surface area contributed by atoms with Crippen molar-refractivity contribution in [3.8, 4) is 11.5 Å². The molecule has 2 rings (SSSR count). The number of nitrogens with zero attached hydrogens (tertiary/aromatic N) is 1. The molecule has 0 saturated carbocycles. The van der Waals surface area contributed by atoms with Crippen molar-refractivity contribution < 1.29 is 10.2 Å². The van der Waals surface area contributed by atoms with Gasteiger partial charge in [-0.2, -0.15) is 0 Å². The molecule has 0 spiro atoms. The van der Waals surface area contributed by atoms with Crippen molar-refractivity contribution in [2.45, 2.75) is 6.54 Å². The van der Waals surface area contributed by atoms with Gasteiger partial charge in [-0.05, 0) is 32.3 Å². The smallest absolute Gasteiger partial charge is 0.138 e. The molecule has 0 unspecified atom stereocenters. The second-order valence-corrected chi connectivity index (χ2v) is 4.43. The van der Waals surface area contributed by atoms with Crippen molar-refractivity contribution in [1.82, 2.24) is 4.90 Å². The van der Waals surface area contributed by atoms with Gasteiger partial charge in [0, 0.05) is 12.1 Å². The topological polar surface area (TPSA) is 69.7 Å².